The van der Waals surface area contributed by atoms with Gasteiger partial charge in [-0.15, -0.1) is 6.58 Å². The number of nitrogens with one attached hydrogen (secondary N) is 1. The number of hydrogen-bond donors (Lipinski definition) is 2. The Morgan fingerprint density at radius 3 is 2.11 bits per heavy atom. The Balaban J connectivity index is 2.22. The maximum absolute atomic E-state index is 9.73. The predicted molar refractivity (Wildman–Crippen MR) is 125 cm³/mol. The summed E-state index contributed by atoms with van der Waals surface area (Å²) in [6.07, 6.45) is 21.9. The third-order valence-corrected chi connectivity index (χ3v) is 5.32. The Bertz CT molecular complexity index is 496. The molecule has 0 bridgehead atoms. The predicted octanol–water partition coefficient (Wildman–Crippen LogP) is 6.91. The van der Waals surface area contributed by atoms with Crippen molar-refractivity contribution in [2.75, 3.05) is 6.61 Å². The summed E-state index contributed by atoms with van der Waals surface area (Å²) in [5.41, 5.74) is 1.16. The molecule has 1 rings (SSSR count). The molecule has 0 heterocycles. The van der Waals surface area contributed by atoms with Crippen molar-refractivity contribution >= 4 is 6.08 Å². The Morgan fingerprint density at radius 1 is 0.929 bits per heavy atom. The molecule has 28 heavy (non-hydrogen) atoms. The van der Waals surface area contributed by atoms with Crippen LogP contribution in [0, 0.1) is 0 Å². The molecule has 0 fully saturated rings. The van der Waals surface area contributed by atoms with Crippen LogP contribution in [0.1, 0.15) is 89.5 Å². The summed E-state index contributed by atoms with van der Waals surface area (Å²) in [5, 5.41) is 13.3. The topological polar surface area (TPSA) is 32.3 Å². The van der Waals surface area contributed by atoms with Gasteiger partial charge in [0.05, 0.1) is 6.61 Å². The summed E-state index contributed by atoms with van der Waals surface area (Å²) in [7, 11) is 0. The highest BCUT2D eigenvalue weighted by Crippen LogP contribution is 2.13. The molecule has 0 amide bonds. The minimum absolute atomic E-state index is 0.00623. The molecular formula is C26H43NO. The minimum atomic E-state index is -0.00623. The molecule has 2 heteroatoms. The van der Waals surface area contributed by atoms with Crippen LogP contribution in [0.5, 0.6) is 0 Å². The Labute approximate surface area is 174 Å². The summed E-state index contributed by atoms with van der Waals surface area (Å²) in [5.74, 6) is 0. The first kappa shape index (κ1) is 24.7. The van der Waals surface area contributed by atoms with E-state index in [1.54, 1.807) is 0 Å². The van der Waals surface area contributed by atoms with E-state index in [2.05, 4.69) is 43.1 Å². The SMILES string of the molecule is C=CC[C@H](CCCCCCCCCCCC)N[C@H](C=Cc1ccccc1)CO. The zero-order valence-electron chi connectivity index (χ0n) is 18.1. The van der Waals surface area contributed by atoms with Gasteiger partial charge >= 0.3 is 0 Å². The molecule has 0 radical (unpaired) electrons. The van der Waals surface area contributed by atoms with Gasteiger partial charge in [0.25, 0.3) is 0 Å². The van der Waals surface area contributed by atoms with Crippen molar-refractivity contribution in [3.05, 3.63) is 54.6 Å². The monoisotopic (exact) mass is 385 g/mol. The first-order chi connectivity index (χ1) is 13.8. The zero-order valence-corrected chi connectivity index (χ0v) is 18.1. The van der Waals surface area contributed by atoms with Crippen LogP contribution in [0.15, 0.2) is 49.1 Å². The Kier molecular flexibility index (Phi) is 15.6. The second-order valence-electron chi connectivity index (χ2n) is 7.92. The number of aliphatic hydroxyl groups excluding tert-OH is 1. The lowest BCUT2D eigenvalue weighted by Gasteiger charge is -2.22. The van der Waals surface area contributed by atoms with Crippen LogP contribution >= 0.6 is 0 Å². The summed E-state index contributed by atoms with van der Waals surface area (Å²) >= 11 is 0. The average Bonchev–Trinajstić information content (AvgIpc) is 2.73. The summed E-state index contributed by atoms with van der Waals surface area (Å²) in [4.78, 5) is 0. The number of rotatable bonds is 18. The van der Waals surface area contributed by atoms with Crippen LogP contribution in [0.25, 0.3) is 6.08 Å². The van der Waals surface area contributed by atoms with Crippen molar-refractivity contribution in [3.8, 4) is 0 Å². The fraction of sp³-hybridized carbons (Fsp3) is 0.615. The number of aliphatic hydroxyl groups is 1. The standard InChI is InChI=1S/C26H43NO/c1-3-5-6-7-8-9-10-11-12-16-20-25(17-4-2)27-26(23-28)22-21-24-18-14-13-15-19-24/h4,13-15,18-19,21-22,25-28H,2-3,5-12,16-17,20,23H2,1H3/t25-,26-/m1/s1. The molecule has 2 nitrogen and oxygen atoms in total. The summed E-state index contributed by atoms with van der Waals surface area (Å²) < 4.78 is 0. The normalized spacial score (nSPS) is 13.6. The fourth-order valence-corrected chi connectivity index (χ4v) is 3.61. The van der Waals surface area contributed by atoms with Gasteiger partial charge in [-0.1, -0.05) is 120 Å². The zero-order chi connectivity index (χ0) is 20.3. The highest BCUT2D eigenvalue weighted by Gasteiger charge is 2.11. The van der Waals surface area contributed by atoms with Crippen LogP contribution in [0.3, 0.4) is 0 Å². The van der Waals surface area contributed by atoms with Crippen molar-refractivity contribution in [3.63, 3.8) is 0 Å². The van der Waals surface area contributed by atoms with Crippen molar-refractivity contribution in [2.24, 2.45) is 0 Å². The van der Waals surface area contributed by atoms with E-state index in [1.165, 1.54) is 64.2 Å². The van der Waals surface area contributed by atoms with E-state index in [1.807, 2.05) is 24.3 Å². The van der Waals surface area contributed by atoms with Gasteiger partial charge in [0, 0.05) is 12.1 Å². The van der Waals surface area contributed by atoms with Crippen molar-refractivity contribution in [2.45, 2.75) is 96.1 Å². The molecule has 0 aliphatic carbocycles. The molecule has 0 spiro atoms. The van der Waals surface area contributed by atoms with Gasteiger partial charge in [-0.25, -0.2) is 0 Å². The van der Waals surface area contributed by atoms with Crippen molar-refractivity contribution < 1.29 is 5.11 Å². The van der Waals surface area contributed by atoms with E-state index in [-0.39, 0.29) is 12.6 Å². The van der Waals surface area contributed by atoms with Crippen LogP contribution < -0.4 is 5.32 Å². The largest absolute Gasteiger partial charge is 0.394 e. The molecule has 1 aromatic rings. The van der Waals surface area contributed by atoms with E-state index < -0.39 is 0 Å². The smallest absolute Gasteiger partial charge is 0.0620 e. The summed E-state index contributed by atoms with van der Waals surface area (Å²) in [6.45, 7) is 6.30. The maximum atomic E-state index is 9.73. The number of unbranched alkanes of at least 4 members (excludes halogenated alkanes) is 9. The number of benzene rings is 1. The average molecular weight is 386 g/mol. The van der Waals surface area contributed by atoms with E-state index in [9.17, 15) is 5.11 Å². The highest BCUT2D eigenvalue weighted by atomic mass is 16.3. The molecule has 0 aromatic heterocycles. The maximum Gasteiger partial charge on any atom is 0.0620 e. The van der Waals surface area contributed by atoms with Crippen LogP contribution in [0.4, 0.5) is 0 Å². The highest BCUT2D eigenvalue weighted by molar-refractivity contribution is 5.49. The molecular weight excluding hydrogens is 342 g/mol. The molecule has 0 unspecified atom stereocenters. The molecule has 2 N–H and O–H groups in total. The van der Waals surface area contributed by atoms with E-state index in [4.69, 9.17) is 0 Å². The lowest BCUT2D eigenvalue weighted by molar-refractivity contribution is 0.251. The van der Waals surface area contributed by atoms with Gasteiger partial charge in [0.15, 0.2) is 0 Å². The summed E-state index contributed by atoms with van der Waals surface area (Å²) in [6, 6.07) is 10.6. The van der Waals surface area contributed by atoms with Crippen LogP contribution in [0.2, 0.25) is 0 Å². The van der Waals surface area contributed by atoms with E-state index in [0.717, 1.165) is 18.4 Å². The number of hydrogen-bond acceptors (Lipinski definition) is 2. The lowest BCUT2D eigenvalue weighted by Crippen LogP contribution is -2.39. The van der Waals surface area contributed by atoms with Gasteiger partial charge in [0.1, 0.15) is 0 Å². The first-order valence-electron chi connectivity index (χ1n) is 11.5. The Morgan fingerprint density at radius 2 is 1.54 bits per heavy atom. The van der Waals surface area contributed by atoms with Crippen LogP contribution in [-0.2, 0) is 0 Å². The van der Waals surface area contributed by atoms with E-state index in [0.29, 0.717) is 6.04 Å². The van der Waals surface area contributed by atoms with Gasteiger partial charge in [0.2, 0.25) is 0 Å². The second kappa shape index (κ2) is 17.7. The fourth-order valence-electron chi connectivity index (χ4n) is 3.61. The minimum Gasteiger partial charge on any atom is -0.394 e. The third kappa shape index (κ3) is 12.9. The van der Waals surface area contributed by atoms with E-state index >= 15 is 0 Å². The Hall–Kier alpha value is -1.38. The molecule has 0 saturated heterocycles. The van der Waals surface area contributed by atoms with Gasteiger partial charge in [-0.05, 0) is 18.4 Å². The van der Waals surface area contributed by atoms with Crippen LogP contribution in [-0.4, -0.2) is 23.8 Å². The van der Waals surface area contributed by atoms with Gasteiger partial charge in [-0.3, -0.25) is 0 Å². The molecule has 158 valence electrons. The second-order valence-corrected chi connectivity index (χ2v) is 7.92. The first-order valence-corrected chi connectivity index (χ1v) is 11.5. The van der Waals surface area contributed by atoms with Crippen molar-refractivity contribution in [1.29, 1.82) is 0 Å². The molecule has 0 aliphatic heterocycles. The molecule has 2 atom stereocenters. The van der Waals surface area contributed by atoms with Crippen molar-refractivity contribution in [1.82, 2.24) is 5.32 Å². The molecule has 0 saturated carbocycles. The lowest BCUT2D eigenvalue weighted by atomic mass is 10.0. The molecule has 1 aromatic carbocycles. The quantitative estimate of drug-likeness (QED) is 0.213. The molecule has 0 aliphatic rings. The van der Waals surface area contributed by atoms with Gasteiger partial charge < -0.3 is 10.4 Å². The third-order valence-electron chi connectivity index (χ3n) is 5.32. The van der Waals surface area contributed by atoms with Gasteiger partial charge in [-0.2, -0.15) is 0 Å².